The van der Waals surface area contributed by atoms with Gasteiger partial charge in [0.1, 0.15) is 13.2 Å². The van der Waals surface area contributed by atoms with E-state index in [0.717, 1.165) is 63.7 Å². The van der Waals surface area contributed by atoms with Crippen molar-refractivity contribution in [3.05, 3.63) is 0 Å². The summed E-state index contributed by atoms with van der Waals surface area (Å²) in [5, 5.41) is 0. The van der Waals surface area contributed by atoms with Gasteiger partial charge in [0.2, 0.25) is 0 Å². The van der Waals surface area contributed by atoms with E-state index in [1.165, 1.54) is 212 Å². The van der Waals surface area contributed by atoms with Crippen LogP contribution in [-0.4, -0.2) is 37.2 Å². The third kappa shape index (κ3) is 47.9. The van der Waals surface area contributed by atoms with Gasteiger partial charge in [0, 0.05) is 19.3 Å². The molecule has 0 N–H and O–H groups in total. The molecule has 368 valence electrons. The average molecular weight is 877 g/mol. The molecule has 0 aromatic carbocycles. The molecule has 0 heterocycles. The molecule has 62 heavy (non-hydrogen) atoms. The van der Waals surface area contributed by atoms with Crippen LogP contribution in [0.25, 0.3) is 0 Å². The van der Waals surface area contributed by atoms with Crippen molar-refractivity contribution < 1.29 is 28.6 Å². The van der Waals surface area contributed by atoms with E-state index in [0.29, 0.717) is 19.3 Å². The number of carbonyl (C=O) groups excluding carboxylic acids is 3. The second-order valence-electron chi connectivity index (χ2n) is 19.5. The first kappa shape index (κ1) is 60.4. The van der Waals surface area contributed by atoms with Crippen LogP contribution in [0, 0.1) is 5.92 Å². The van der Waals surface area contributed by atoms with E-state index in [4.69, 9.17) is 14.2 Å². The smallest absolute Gasteiger partial charge is 0.306 e. The number of unbranched alkanes of at least 4 members (excludes halogenated alkanes) is 37. The summed E-state index contributed by atoms with van der Waals surface area (Å²) in [5.41, 5.74) is 0. The first-order valence-corrected chi connectivity index (χ1v) is 27.9. The van der Waals surface area contributed by atoms with Crippen molar-refractivity contribution in [2.75, 3.05) is 13.2 Å². The molecule has 0 radical (unpaired) electrons. The normalized spacial score (nSPS) is 12.4. The van der Waals surface area contributed by atoms with Crippen molar-refractivity contribution in [1.82, 2.24) is 0 Å². The van der Waals surface area contributed by atoms with Gasteiger partial charge in [-0.15, -0.1) is 0 Å². The van der Waals surface area contributed by atoms with Crippen LogP contribution in [0.4, 0.5) is 0 Å². The van der Waals surface area contributed by atoms with Crippen molar-refractivity contribution in [3.63, 3.8) is 0 Å². The number of esters is 3. The minimum Gasteiger partial charge on any atom is -0.462 e. The number of hydrogen-bond acceptors (Lipinski definition) is 6. The number of carbonyl (C=O) groups is 3. The highest BCUT2D eigenvalue weighted by Gasteiger charge is 2.19. The number of rotatable bonds is 51. The molecule has 1 unspecified atom stereocenters. The molecule has 0 aromatic rings. The predicted molar refractivity (Wildman–Crippen MR) is 266 cm³/mol. The van der Waals surface area contributed by atoms with Gasteiger partial charge in [-0.3, -0.25) is 14.4 Å². The second kappa shape index (κ2) is 50.4. The van der Waals surface area contributed by atoms with Gasteiger partial charge in [0.25, 0.3) is 0 Å². The number of ether oxygens (including phenoxy) is 3. The van der Waals surface area contributed by atoms with Crippen molar-refractivity contribution in [2.24, 2.45) is 5.92 Å². The molecule has 2 atom stereocenters. The van der Waals surface area contributed by atoms with Crippen molar-refractivity contribution in [3.8, 4) is 0 Å². The molecular formula is C56H108O6. The summed E-state index contributed by atoms with van der Waals surface area (Å²) in [5.74, 6) is 0.0628. The molecule has 6 heteroatoms. The Bertz CT molecular complexity index is 935. The van der Waals surface area contributed by atoms with Crippen molar-refractivity contribution in [1.29, 1.82) is 0 Å². The van der Waals surface area contributed by atoms with E-state index < -0.39 is 6.10 Å². The summed E-state index contributed by atoms with van der Waals surface area (Å²) >= 11 is 0. The van der Waals surface area contributed by atoms with Gasteiger partial charge in [-0.2, -0.15) is 0 Å². The van der Waals surface area contributed by atoms with Crippen LogP contribution < -0.4 is 0 Å². The van der Waals surface area contributed by atoms with Gasteiger partial charge < -0.3 is 14.2 Å². The van der Waals surface area contributed by atoms with Crippen LogP contribution in [0.1, 0.15) is 317 Å². The monoisotopic (exact) mass is 877 g/mol. The van der Waals surface area contributed by atoms with E-state index >= 15 is 0 Å². The zero-order chi connectivity index (χ0) is 45.2. The predicted octanol–water partition coefficient (Wildman–Crippen LogP) is 18.2. The van der Waals surface area contributed by atoms with Crippen LogP contribution in [0.2, 0.25) is 0 Å². The molecule has 0 fully saturated rings. The first-order chi connectivity index (χ1) is 30.4. The molecule has 0 saturated heterocycles. The Morgan fingerprint density at radius 2 is 0.565 bits per heavy atom. The highest BCUT2D eigenvalue weighted by molar-refractivity contribution is 5.71. The highest BCUT2D eigenvalue weighted by atomic mass is 16.6. The summed E-state index contributed by atoms with van der Waals surface area (Å²) in [4.78, 5) is 37.9. The van der Waals surface area contributed by atoms with Gasteiger partial charge >= 0.3 is 17.9 Å². The maximum atomic E-state index is 12.8. The highest BCUT2D eigenvalue weighted by Crippen LogP contribution is 2.18. The maximum Gasteiger partial charge on any atom is 0.306 e. The van der Waals surface area contributed by atoms with E-state index in [1.54, 1.807) is 0 Å². The van der Waals surface area contributed by atoms with Crippen LogP contribution in [0.5, 0.6) is 0 Å². The van der Waals surface area contributed by atoms with Crippen molar-refractivity contribution in [2.45, 2.75) is 323 Å². The summed E-state index contributed by atoms with van der Waals surface area (Å²) in [6.07, 6.45) is 53.9. The van der Waals surface area contributed by atoms with Gasteiger partial charge in [-0.1, -0.05) is 278 Å². The average Bonchev–Trinajstić information content (AvgIpc) is 3.27. The van der Waals surface area contributed by atoms with Gasteiger partial charge in [0.15, 0.2) is 6.10 Å². The Hall–Kier alpha value is -1.59. The largest absolute Gasteiger partial charge is 0.462 e. The Morgan fingerprint density at radius 1 is 0.323 bits per heavy atom. The lowest BCUT2D eigenvalue weighted by Crippen LogP contribution is -2.30. The Labute approximate surface area is 387 Å². The summed E-state index contributed by atoms with van der Waals surface area (Å²) in [6, 6.07) is 0. The molecular weight excluding hydrogens is 769 g/mol. The Morgan fingerprint density at radius 3 is 0.839 bits per heavy atom. The zero-order valence-electron chi connectivity index (χ0n) is 42.3. The van der Waals surface area contributed by atoms with E-state index in [9.17, 15) is 14.4 Å². The molecule has 0 aromatic heterocycles. The van der Waals surface area contributed by atoms with E-state index in [-0.39, 0.29) is 31.1 Å². The Kier molecular flexibility index (Phi) is 49.1. The standard InChI is InChI=1S/C56H108O6/c1-5-8-10-12-14-15-16-17-22-26-29-32-36-40-44-48-55(58)61-51-53(50-60-54(57)47-43-39-34-13-11-9-6-2)62-56(59)49-45-41-37-33-30-27-24-21-19-18-20-23-25-28-31-35-38-42-46-52(4)7-3/h52-53H,5-51H2,1-4H3/t52?,53-/m0/s1. The molecule has 0 bridgehead atoms. The van der Waals surface area contributed by atoms with E-state index in [1.807, 2.05) is 0 Å². The molecule has 0 aliphatic heterocycles. The lowest BCUT2D eigenvalue weighted by molar-refractivity contribution is -0.167. The molecule has 0 rings (SSSR count). The number of hydrogen-bond donors (Lipinski definition) is 0. The second-order valence-corrected chi connectivity index (χ2v) is 19.5. The fraction of sp³-hybridized carbons (Fsp3) is 0.946. The summed E-state index contributed by atoms with van der Waals surface area (Å²) in [6.45, 7) is 9.06. The molecule has 0 spiro atoms. The summed E-state index contributed by atoms with van der Waals surface area (Å²) in [7, 11) is 0. The molecule has 0 aliphatic carbocycles. The molecule has 0 amide bonds. The topological polar surface area (TPSA) is 78.9 Å². The lowest BCUT2D eigenvalue weighted by Gasteiger charge is -2.18. The van der Waals surface area contributed by atoms with Crippen LogP contribution in [-0.2, 0) is 28.6 Å². The lowest BCUT2D eigenvalue weighted by atomic mass is 9.99. The molecule has 0 saturated carbocycles. The third-order valence-corrected chi connectivity index (χ3v) is 13.2. The SMILES string of the molecule is CCCCCCCCCCCCCCCCCC(=O)OC[C@H](COC(=O)CCCCCCCCC)OC(=O)CCCCCCCCCCCCCCCCCCCCC(C)CC. The van der Waals surface area contributed by atoms with Gasteiger partial charge in [0.05, 0.1) is 0 Å². The van der Waals surface area contributed by atoms with Crippen LogP contribution >= 0.6 is 0 Å². The fourth-order valence-electron chi connectivity index (χ4n) is 8.54. The molecule has 0 aliphatic rings. The van der Waals surface area contributed by atoms with Crippen LogP contribution in [0.15, 0.2) is 0 Å². The minimum absolute atomic E-state index is 0.0626. The summed E-state index contributed by atoms with van der Waals surface area (Å²) < 4.78 is 16.8. The quantitative estimate of drug-likeness (QED) is 0.0344. The van der Waals surface area contributed by atoms with Crippen LogP contribution in [0.3, 0.4) is 0 Å². The Balaban J connectivity index is 4.13. The zero-order valence-corrected chi connectivity index (χ0v) is 42.3. The third-order valence-electron chi connectivity index (χ3n) is 13.2. The minimum atomic E-state index is -0.760. The van der Waals surface area contributed by atoms with Crippen molar-refractivity contribution >= 4 is 17.9 Å². The molecule has 6 nitrogen and oxygen atoms in total. The van der Waals surface area contributed by atoms with Gasteiger partial charge in [-0.05, 0) is 25.2 Å². The maximum absolute atomic E-state index is 12.8. The fourth-order valence-corrected chi connectivity index (χ4v) is 8.54. The first-order valence-electron chi connectivity index (χ1n) is 27.9. The van der Waals surface area contributed by atoms with E-state index in [2.05, 4.69) is 27.7 Å². The van der Waals surface area contributed by atoms with Gasteiger partial charge in [-0.25, -0.2) is 0 Å².